The van der Waals surface area contributed by atoms with Crippen LogP contribution in [-0.2, 0) is 0 Å². The summed E-state index contributed by atoms with van der Waals surface area (Å²) in [6, 6.07) is 8.32. The van der Waals surface area contributed by atoms with Gasteiger partial charge in [0.1, 0.15) is 5.15 Å². The summed E-state index contributed by atoms with van der Waals surface area (Å²) >= 11 is 5.76. The number of carbonyl (C=O) groups is 2. The van der Waals surface area contributed by atoms with E-state index in [1.54, 1.807) is 47.2 Å². The number of hydrogen-bond donors (Lipinski definition) is 0. The molecule has 0 radical (unpaired) electrons. The molecule has 0 unspecified atom stereocenters. The summed E-state index contributed by atoms with van der Waals surface area (Å²) in [6.07, 6.45) is 1.46. The maximum Gasteiger partial charge on any atom is 0.255 e. The number of aromatic nitrogens is 1. The van der Waals surface area contributed by atoms with E-state index in [1.165, 1.54) is 13.3 Å². The lowest BCUT2D eigenvalue weighted by Crippen LogP contribution is -2.50. The van der Waals surface area contributed by atoms with E-state index in [0.29, 0.717) is 54.0 Å². The van der Waals surface area contributed by atoms with Gasteiger partial charge in [0.25, 0.3) is 11.8 Å². The summed E-state index contributed by atoms with van der Waals surface area (Å²) in [6.45, 7) is 1.83. The van der Waals surface area contributed by atoms with Gasteiger partial charge in [0.05, 0.1) is 19.8 Å². The number of halogens is 1. The number of hydrogen-bond acceptors (Lipinski definition) is 5. The highest BCUT2D eigenvalue weighted by molar-refractivity contribution is 6.29. The van der Waals surface area contributed by atoms with E-state index >= 15 is 0 Å². The molecular weight excluding hydrogens is 370 g/mol. The number of nitrogens with zero attached hydrogens (tertiary/aromatic N) is 3. The van der Waals surface area contributed by atoms with Gasteiger partial charge in [-0.1, -0.05) is 11.6 Å². The molecule has 7 nitrogen and oxygen atoms in total. The Labute approximate surface area is 162 Å². The smallest absolute Gasteiger partial charge is 0.255 e. The molecule has 0 N–H and O–H groups in total. The van der Waals surface area contributed by atoms with E-state index in [9.17, 15) is 9.59 Å². The second kappa shape index (κ2) is 8.26. The van der Waals surface area contributed by atoms with E-state index in [-0.39, 0.29) is 11.8 Å². The van der Waals surface area contributed by atoms with Gasteiger partial charge in [-0.2, -0.15) is 0 Å². The van der Waals surface area contributed by atoms with Crippen molar-refractivity contribution in [1.29, 1.82) is 0 Å². The van der Waals surface area contributed by atoms with Gasteiger partial charge in [-0.05, 0) is 30.3 Å². The molecular formula is C19H20ClN3O4. The van der Waals surface area contributed by atoms with Crippen molar-refractivity contribution in [3.05, 3.63) is 52.8 Å². The average molecular weight is 390 g/mol. The highest BCUT2D eigenvalue weighted by Gasteiger charge is 2.26. The topological polar surface area (TPSA) is 72.0 Å². The largest absolute Gasteiger partial charge is 0.493 e. The predicted molar refractivity (Wildman–Crippen MR) is 101 cm³/mol. The Kier molecular flexibility index (Phi) is 5.81. The molecule has 1 aromatic carbocycles. The molecule has 8 heteroatoms. The fourth-order valence-electron chi connectivity index (χ4n) is 2.95. The molecule has 0 atom stereocenters. The van der Waals surface area contributed by atoms with Gasteiger partial charge in [0, 0.05) is 37.9 Å². The second-order valence-electron chi connectivity index (χ2n) is 6.02. The van der Waals surface area contributed by atoms with Crippen molar-refractivity contribution in [2.24, 2.45) is 0 Å². The second-order valence-corrected chi connectivity index (χ2v) is 6.41. The van der Waals surface area contributed by atoms with Crippen LogP contribution in [0.3, 0.4) is 0 Å². The molecule has 2 aromatic rings. The van der Waals surface area contributed by atoms with Crippen molar-refractivity contribution in [3.63, 3.8) is 0 Å². The Morgan fingerprint density at radius 1 is 0.889 bits per heavy atom. The minimum atomic E-state index is -0.114. The van der Waals surface area contributed by atoms with Gasteiger partial charge in [-0.3, -0.25) is 9.59 Å². The first-order valence-electron chi connectivity index (χ1n) is 8.45. The van der Waals surface area contributed by atoms with Crippen LogP contribution in [0.1, 0.15) is 20.7 Å². The zero-order chi connectivity index (χ0) is 19.4. The van der Waals surface area contributed by atoms with Crippen LogP contribution in [0.15, 0.2) is 36.5 Å². The van der Waals surface area contributed by atoms with Crippen LogP contribution in [0.4, 0.5) is 0 Å². The molecule has 2 amide bonds. The van der Waals surface area contributed by atoms with Gasteiger partial charge >= 0.3 is 0 Å². The zero-order valence-electron chi connectivity index (χ0n) is 15.1. The molecule has 3 rings (SSSR count). The van der Waals surface area contributed by atoms with Crippen LogP contribution < -0.4 is 9.47 Å². The molecule has 1 aliphatic heterocycles. The Balaban J connectivity index is 1.64. The summed E-state index contributed by atoms with van der Waals surface area (Å²) in [5.41, 5.74) is 1.01. The highest BCUT2D eigenvalue weighted by atomic mass is 35.5. The van der Waals surface area contributed by atoms with Crippen molar-refractivity contribution in [1.82, 2.24) is 14.8 Å². The predicted octanol–water partition coefficient (Wildman–Crippen LogP) is 2.35. The molecule has 27 heavy (non-hydrogen) atoms. The average Bonchev–Trinajstić information content (AvgIpc) is 2.72. The minimum absolute atomic E-state index is 0.101. The third-order valence-corrected chi connectivity index (χ3v) is 4.68. The van der Waals surface area contributed by atoms with Crippen LogP contribution in [-0.4, -0.2) is 67.0 Å². The first kappa shape index (κ1) is 19.0. The lowest BCUT2D eigenvalue weighted by atomic mass is 10.1. The first-order chi connectivity index (χ1) is 13.0. The van der Waals surface area contributed by atoms with Gasteiger partial charge in [0.15, 0.2) is 11.5 Å². The molecule has 0 saturated carbocycles. The summed E-state index contributed by atoms with van der Waals surface area (Å²) < 4.78 is 10.5. The summed E-state index contributed by atoms with van der Waals surface area (Å²) in [7, 11) is 3.08. The number of methoxy groups -OCH3 is 2. The normalized spacial score (nSPS) is 14.0. The highest BCUT2D eigenvalue weighted by Crippen LogP contribution is 2.28. The Morgan fingerprint density at radius 2 is 1.44 bits per heavy atom. The Morgan fingerprint density at radius 3 is 1.96 bits per heavy atom. The van der Waals surface area contributed by atoms with Gasteiger partial charge in [0.2, 0.25) is 0 Å². The van der Waals surface area contributed by atoms with Crippen LogP contribution in [0.2, 0.25) is 5.15 Å². The van der Waals surface area contributed by atoms with E-state index in [4.69, 9.17) is 21.1 Å². The summed E-state index contributed by atoms with van der Waals surface area (Å²) in [5, 5.41) is 0.344. The quantitative estimate of drug-likeness (QED) is 0.750. The van der Waals surface area contributed by atoms with Crippen LogP contribution in [0.5, 0.6) is 11.5 Å². The lowest BCUT2D eigenvalue weighted by Gasteiger charge is -2.34. The number of rotatable bonds is 4. The molecule has 142 valence electrons. The van der Waals surface area contributed by atoms with E-state index in [2.05, 4.69) is 4.98 Å². The summed E-state index contributed by atoms with van der Waals surface area (Å²) in [5.74, 6) is 0.863. The molecule has 1 fully saturated rings. The van der Waals surface area contributed by atoms with Crippen LogP contribution in [0.25, 0.3) is 0 Å². The number of pyridine rings is 1. The number of ether oxygens (including phenoxy) is 2. The molecule has 0 aliphatic carbocycles. The van der Waals surface area contributed by atoms with Gasteiger partial charge in [-0.25, -0.2) is 4.98 Å². The van der Waals surface area contributed by atoms with E-state index in [1.807, 2.05) is 0 Å². The Hall–Kier alpha value is -2.80. The molecule has 1 saturated heterocycles. The molecule has 1 aromatic heterocycles. The summed E-state index contributed by atoms with van der Waals surface area (Å²) in [4.78, 5) is 32.7. The molecule has 0 bridgehead atoms. The van der Waals surface area contributed by atoms with Crippen molar-refractivity contribution < 1.29 is 19.1 Å². The van der Waals surface area contributed by atoms with Crippen molar-refractivity contribution in [2.75, 3.05) is 40.4 Å². The van der Waals surface area contributed by atoms with Gasteiger partial charge < -0.3 is 19.3 Å². The number of carbonyl (C=O) groups excluding carboxylic acids is 2. The van der Waals surface area contributed by atoms with Crippen molar-refractivity contribution >= 4 is 23.4 Å². The molecule has 2 heterocycles. The lowest BCUT2D eigenvalue weighted by molar-refractivity contribution is 0.0535. The molecule has 0 spiro atoms. The van der Waals surface area contributed by atoms with Crippen LogP contribution >= 0.6 is 11.6 Å². The molecule has 1 aliphatic rings. The monoisotopic (exact) mass is 389 g/mol. The van der Waals surface area contributed by atoms with Crippen LogP contribution in [0, 0.1) is 0 Å². The minimum Gasteiger partial charge on any atom is -0.493 e. The number of piperazine rings is 1. The maximum absolute atomic E-state index is 12.8. The third-order valence-electron chi connectivity index (χ3n) is 4.46. The fraction of sp³-hybridized carbons (Fsp3) is 0.316. The van der Waals surface area contributed by atoms with E-state index in [0.717, 1.165) is 0 Å². The number of benzene rings is 1. The number of amides is 2. The zero-order valence-corrected chi connectivity index (χ0v) is 15.9. The third kappa shape index (κ3) is 4.14. The standard InChI is InChI=1S/C19H20ClN3O4/c1-26-15-5-3-13(11-16(15)27-2)18(24)22-7-9-23(10-8-22)19(25)14-4-6-17(20)21-12-14/h3-6,11-12H,7-10H2,1-2H3. The first-order valence-corrected chi connectivity index (χ1v) is 8.83. The maximum atomic E-state index is 12.8. The van der Waals surface area contributed by atoms with Crippen molar-refractivity contribution in [3.8, 4) is 11.5 Å². The Bertz CT molecular complexity index is 833. The van der Waals surface area contributed by atoms with E-state index < -0.39 is 0 Å². The SMILES string of the molecule is COc1ccc(C(=O)N2CCN(C(=O)c3ccc(Cl)nc3)CC2)cc1OC. The van der Waals surface area contributed by atoms with Crippen molar-refractivity contribution in [2.45, 2.75) is 0 Å². The van der Waals surface area contributed by atoms with Gasteiger partial charge in [-0.15, -0.1) is 0 Å². The fourth-order valence-corrected chi connectivity index (χ4v) is 3.06.